The summed E-state index contributed by atoms with van der Waals surface area (Å²) in [5, 5.41) is 0. The Morgan fingerprint density at radius 2 is 2.18 bits per heavy atom. The first-order valence-electron chi connectivity index (χ1n) is 3.91. The van der Waals surface area contributed by atoms with Gasteiger partial charge >= 0.3 is 0 Å². The molecule has 0 amide bonds. The minimum absolute atomic E-state index is 0.484. The highest BCUT2D eigenvalue weighted by Crippen LogP contribution is 2.18. The Morgan fingerprint density at radius 3 is 2.64 bits per heavy atom. The molecule has 1 heteroatoms. The number of aromatic nitrogens is 1. The Kier molecular flexibility index (Phi) is 2.84. The van der Waals surface area contributed by atoms with Gasteiger partial charge in [-0.15, -0.1) is 6.58 Å². The van der Waals surface area contributed by atoms with Crippen LogP contribution in [0.15, 0.2) is 37.2 Å². The SMILES string of the molecule is C=C[C@@H](CC)c1ccncc1. The second kappa shape index (κ2) is 3.91. The monoisotopic (exact) mass is 147 g/mol. The van der Waals surface area contributed by atoms with Crippen molar-refractivity contribution in [1.82, 2.24) is 4.98 Å². The van der Waals surface area contributed by atoms with Crippen LogP contribution in [0, 0.1) is 0 Å². The van der Waals surface area contributed by atoms with Crippen LogP contribution in [0.25, 0.3) is 0 Å². The van der Waals surface area contributed by atoms with E-state index in [0.717, 1.165) is 6.42 Å². The maximum absolute atomic E-state index is 3.96. The molecule has 11 heavy (non-hydrogen) atoms. The summed E-state index contributed by atoms with van der Waals surface area (Å²) in [5.41, 5.74) is 1.30. The minimum atomic E-state index is 0.484. The van der Waals surface area contributed by atoms with Gasteiger partial charge in [0.2, 0.25) is 0 Å². The smallest absolute Gasteiger partial charge is 0.0270 e. The molecule has 1 aromatic rings. The predicted octanol–water partition coefficient (Wildman–Crippen LogP) is 2.76. The van der Waals surface area contributed by atoms with Crippen LogP contribution < -0.4 is 0 Å². The summed E-state index contributed by atoms with van der Waals surface area (Å²) in [7, 11) is 0. The van der Waals surface area contributed by atoms with Gasteiger partial charge in [0.05, 0.1) is 0 Å². The highest BCUT2D eigenvalue weighted by atomic mass is 14.6. The Morgan fingerprint density at radius 1 is 1.55 bits per heavy atom. The molecule has 1 aromatic heterocycles. The van der Waals surface area contributed by atoms with E-state index in [4.69, 9.17) is 0 Å². The molecule has 0 aliphatic rings. The normalized spacial score (nSPS) is 12.5. The number of nitrogens with zero attached hydrogens (tertiary/aromatic N) is 1. The first-order chi connectivity index (χ1) is 5.38. The van der Waals surface area contributed by atoms with Crippen LogP contribution in [0.5, 0.6) is 0 Å². The summed E-state index contributed by atoms with van der Waals surface area (Å²) in [6.07, 6.45) is 6.73. The number of rotatable bonds is 3. The number of hydrogen-bond acceptors (Lipinski definition) is 1. The molecule has 58 valence electrons. The molecule has 1 atom stereocenters. The average Bonchev–Trinajstić information content (AvgIpc) is 2.09. The second-order valence-electron chi connectivity index (χ2n) is 2.53. The highest BCUT2D eigenvalue weighted by Gasteiger charge is 2.01. The number of hydrogen-bond donors (Lipinski definition) is 0. The molecule has 1 nitrogen and oxygen atoms in total. The number of pyridine rings is 1. The molecule has 0 bridgehead atoms. The quantitative estimate of drug-likeness (QED) is 0.599. The fourth-order valence-electron chi connectivity index (χ4n) is 1.15. The molecule has 0 spiro atoms. The van der Waals surface area contributed by atoms with E-state index in [2.05, 4.69) is 18.5 Å². The highest BCUT2D eigenvalue weighted by molar-refractivity contribution is 5.19. The standard InChI is InChI=1S/C10H13N/c1-3-9(4-2)10-5-7-11-8-6-10/h3,5-9H,1,4H2,2H3/t9-/m0/s1. The lowest BCUT2D eigenvalue weighted by atomic mass is 9.98. The summed E-state index contributed by atoms with van der Waals surface area (Å²) in [4.78, 5) is 3.96. The first-order valence-corrected chi connectivity index (χ1v) is 3.91. The van der Waals surface area contributed by atoms with Crippen molar-refractivity contribution < 1.29 is 0 Å². The average molecular weight is 147 g/mol. The molecule has 0 aromatic carbocycles. The van der Waals surface area contributed by atoms with Crippen molar-refractivity contribution in [3.05, 3.63) is 42.7 Å². The van der Waals surface area contributed by atoms with Gasteiger partial charge in [0.1, 0.15) is 0 Å². The fourth-order valence-corrected chi connectivity index (χ4v) is 1.15. The maximum atomic E-state index is 3.96. The van der Waals surface area contributed by atoms with E-state index in [1.54, 1.807) is 0 Å². The lowest BCUT2D eigenvalue weighted by Gasteiger charge is -2.07. The predicted molar refractivity (Wildman–Crippen MR) is 47.5 cm³/mol. The zero-order chi connectivity index (χ0) is 8.10. The molecule has 0 fully saturated rings. The molecule has 0 unspecified atom stereocenters. The van der Waals surface area contributed by atoms with Crippen LogP contribution in [-0.2, 0) is 0 Å². The zero-order valence-electron chi connectivity index (χ0n) is 6.83. The molecule has 0 aliphatic heterocycles. The summed E-state index contributed by atoms with van der Waals surface area (Å²) >= 11 is 0. The number of allylic oxidation sites excluding steroid dienone is 1. The van der Waals surface area contributed by atoms with E-state index in [0.29, 0.717) is 5.92 Å². The van der Waals surface area contributed by atoms with Gasteiger partial charge in [-0.1, -0.05) is 13.0 Å². The van der Waals surface area contributed by atoms with Gasteiger partial charge in [0.25, 0.3) is 0 Å². The van der Waals surface area contributed by atoms with Gasteiger partial charge in [-0.05, 0) is 24.1 Å². The van der Waals surface area contributed by atoms with E-state index in [1.807, 2.05) is 30.6 Å². The van der Waals surface area contributed by atoms with Gasteiger partial charge < -0.3 is 0 Å². The first kappa shape index (κ1) is 7.99. The molecule has 1 rings (SSSR count). The van der Waals surface area contributed by atoms with Gasteiger partial charge in [-0.2, -0.15) is 0 Å². The topological polar surface area (TPSA) is 12.9 Å². The summed E-state index contributed by atoms with van der Waals surface area (Å²) in [6, 6.07) is 4.08. The molecule has 0 radical (unpaired) electrons. The van der Waals surface area contributed by atoms with E-state index in [9.17, 15) is 0 Å². The molecule has 1 heterocycles. The Labute approximate surface area is 67.8 Å². The minimum Gasteiger partial charge on any atom is -0.265 e. The molecule has 0 saturated carbocycles. The van der Waals surface area contributed by atoms with Gasteiger partial charge in [-0.25, -0.2) is 0 Å². The summed E-state index contributed by atoms with van der Waals surface area (Å²) in [5.74, 6) is 0.484. The third kappa shape index (κ3) is 1.90. The fraction of sp³-hybridized carbons (Fsp3) is 0.300. The Balaban J connectivity index is 2.82. The summed E-state index contributed by atoms with van der Waals surface area (Å²) < 4.78 is 0. The van der Waals surface area contributed by atoms with Gasteiger partial charge in [0, 0.05) is 18.3 Å². The van der Waals surface area contributed by atoms with Crippen molar-refractivity contribution >= 4 is 0 Å². The van der Waals surface area contributed by atoms with Crippen molar-refractivity contribution in [2.75, 3.05) is 0 Å². The molecule has 0 N–H and O–H groups in total. The van der Waals surface area contributed by atoms with Crippen LogP contribution >= 0.6 is 0 Å². The third-order valence-electron chi connectivity index (χ3n) is 1.86. The van der Waals surface area contributed by atoms with Crippen molar-refractivity contribution in [3.63, 3.8) is 0 Å². The lowest BCUT2D eigenvalue weighted by Crippen LogP contribution is -1.91. The third-order valence-corrected chi connectivity index (χ3v) is 1.86. The van der Waals surface area contributed by atoms with Crippen LogP contribution in [-0.4, -0.2) is 4.98 Å². The van der Waals surface area contributed by atoms with Crippen LogP contribution in [0.2, 0.25) is 0 Å². The largest absolute Gasteiger partial charge is 0.265 e. The molecule has 0 saturated heterocycles. The van der Waals surface area contributed by atoms with Crippen molar-refractivity contribution in [2.45, 2.75) is 19.3 Å². The van der Waals surface area contributed by atoms with Crippen LogP contribution in [0.4, 0.5) is 0 Å². The lowest BCUT2D eigenvalue weighted by molar-refractivity contribution is 0.805. The maximum Gasteiger partial charge on any atom is 0.0270 e. The van der Waals surface area contributed by atoms with Crippen molar-refractivity contribution in [1.29, 1.82) is 0 Å². The second-order valence-corrected chi connectivity index (χ2v) is 2.53. The molecular weight excluding hydrogens is 134 g/mol. The zero-order valence-corrected chi connectivity index (χ0v) is 6.83. The van der Waals surface area contributed by atoms with Gasteiger partial charge in [0.15, 0.2) is 0 Å². The Hall–Kier alpha value is -1.11. The van der Waals surface area contributed by atoms with E-state index in [1.165, 1.54) is 5.56 Å². The Bertz CT molecular complexity index is 216. The van der Waals surface area contributed by atoms with E-state index < -0.39 is 0 Å². The molecular formula is C10H13N. The van der Waals surface area contributed by atoms with Crippen LogP contribution in [0.3, 0.4) is 0 Å². The van der Waals surface area contributed by atoms with Gasteiger partial charge in [-0.3, -0.25) is 4.98 Å². The summed E-state index contributed by atoms with van der Waals surface area (Å²) in [6.45, 7) is 5.95. The van der Waals surface area contributed by atoms with E-state index >= 15 is 0 Å². The van der Waals surface area contributed by atoms with E-state index in [-0.39, 0.29) is 0 Å². The van der Waals surface area contributed by atoms with Crippen LogP contribution in [0.1, 0.15) is 24.8 Å². The van der Waals surface area contributed by atoms with Crippen molar-refractivity contribution in [2.24, 2.45) is 0 Å². The van der Waals surface area contributed by atoms with Crippen molar-refractivity contribution in [3.8, 4) is 0 Å². The molecule has 0 aliphatic carbocycles.